The summed E-state index contributed by atoms with van der Waals surface area (Å²) in [5, 5.41) is 7.77. The molecule has 4 heteroatoms. The van der Waals surface area contributed by atoms with Gasteiger partial charge in [0, 0.05) is 12.2 Å². The molecule has 1 saturated carbocycles. The minimum absolute atomic E-state index is 0.396. The Morgan fingerprint density at radius 1 is 1.50 bits per heavy atom. The molecular formula is C12H16N4. The maximum Gasteiger partial charge on any atom is 0.243 e. The highest BCUT2D eigenvalue weighted by Crippen LogP contribution is 2.46. The molecule has 1 atom stereocenters. The zero-order valence-electron chi connectivity index (χ0n) is 9.86. The lowest BCUT2D eigenvalue weighted by Gasteiger charge is -2.02. The van der Waals surface area contributed by atoms with Crippen molar-refractivity contribution >= 4 is 11.6 Å². The molecule has 0 saturated heterocycles. The third-order valence-corrected chi connectivity index (χ3v) is 3.31. The van der Waals surface area contributed by atoms with E-state index in [-0.39, 0.29) is 0 Å². The summed E-state index contributed by atoms with van der Waals surface area (Å²) in [6.45, 7) is 6.57. The van der Waals surface area contributed by atoms with Crippen LogP contribution in [0.25, 0.3) is 5.65 Å². The second-order valence-corrected chi connectivity index (χ2v) is 5.33. The number of aromatic nitrogens is 3. The molecule has 84 valence electrons. The van der Waals surface area contributed by atoms with Crippen molar-refractivity contribution in [1.82, 2.24) is 14.6 Å². The van der Waals surface area contributed by atoms with Crippen LogP contribution in [0.5, 0.6) is 0 Å². The summed E-state index contributed by atoms with van der Waals surface area (Å²) < 4.78 is 1.81. The van der Waals surface area contributed by atoms with Crippen molar-refractivity contribution < 1.29 is 0 Å². The van der Waals surface area contributed by atoms with Gasteiger partial charge in [0.05, 0.1) is 0 Å². The molecule has 4 nitrogen and oxygen atoms in total. The van der Waals surface area contributed by atoms with E-state index in [0.29, 0.717) is 11.5 Å². The van der Waals surface area contributed by atoms with E-state index in [1.165, 1.54) is 12.0 Å². The molecule has 2 aromatic rings. The van der Waals surface area contributed by atoms with Crippen LogP contribution >= 0.6 is 0 Å². The molecule has 1 unspecified atom stereocenters. The lowest BCUT2D eigenvalue weighted by atomic mass is 10.2. The van der Waals surface area contributed by atoms with Gasteiger partial charge >= 0.3 is 0 Å². The van der Waals surface area contributed by atoms with E-state index in [1.54, 1.807) is 0 Å². The first kappa shape index (κ1) is 9.63. The Balaban J connectivity index is 1.88. The molecule has 2 aromatic heterocycles. The van der Waals surface area contributed by atoms with Crippen LogP contribution in [0.2, 0.25) is 0 Å². The standard InChI is InChI=1S/C12H16N4/c1-8-4-5-16-10(6-8)14-11(15-16)13-9-7-12(9,2)3/h4-6,9H,7H2,1-3H3,(H,13,15). The third-order valence-electron chi connectivity index (χ3n) is 3.31. The van der Waals surface area contributed by atoms with E-state index in [4.69, 9.17) is 0 Å². The normalized spacial score (nSPS) is 22.3. The molecule has 0 aromatic carbocycles. The highest BCUT2D eigenvalue weighted by Gasteiger charge is 2.46. The van der Waals surface area contributed by atoms with Gasteiger partial charge in [-0.25, -0.2) is 4.52 Å². The van der Waals surface area contributed by atoms with E-state index < -0.39 is 0 Å². The van der Waals surface area contributed by atoms with Gasteiger partial charge in [-0.1, -0.05) is 13.8 Å². The number of anilines is 1. The molecule has 1 fully saturated rings. The van der Waals surface area contributed by atoms with Crippen molar-refractivity contribution in [2.45, 2.75) is 33.2 Å². The number of pyridine rings is 1. The quantitative estimate of drug-likeness (QED) is 0.837. The first-order valence-corrected chi connectivity index (χ1v) is 5.64. The minimum atomic E-state index is 0.396. The van der Waals surface area contributed by atoms with E-state index in [9.17, 15) is 0 Å². The van der Waals surface area contributed by atoms with E-state index in [0.717, 1.165) is 11.6 Å². The Morgan fingerprint density at radius 2 is 2.25 bits per heavy atom. The zero-order valence-corrected chi connectivity index (χ0v) is 9.86. The first-order chi connectivity index (χ1) is 7.54. The maximum atomic E-state index is 4.46. The van der Waals surface area contributed by atoms with Crippen LogP contribution in [-0.4, -0.2) is 20.6 Å². The Labute approximate surface area is 94.7 Å². The van der Waals surface area contributed by atoms with Gasteiger partial charge in [0.2, 0.25) is 5.95 Å². The summed E-state index contributed by atoms with van der Waals surface area (Å²) in [4.78, 5) is 4.46. The lowest BCUT2D eigenvalue weighted by molar-refractivity contribution is 0.629. The van der Waals surface area contributed by atoms with Gasteiger partial charge in [-0.2, -0.15) is 4.98 Å². The van der Waals surface area contributed by atoms with Crippen LogP contribution in [0.3, 0.4) is 0 Å². The van der Waals surface area contributed by atoms with Gasteiger partial charge in [0.15, 0.2) is 5.65 Å². The monoisotopic (exact) mass is 216 g/mol. The van der Waals surface area contributed by atoms with Crippen LogP contribution in [-0.2, 0) is 0 Å². The molecule has 0 amide bonds. The van der Waals surface area contributed by atoms with Gasteiger partial charge in [0.25, 0.3) is 0 Å². The lowest BCUT2D eigenvalue weighted by Crippen LogP contribution is -2.09. The molecule has 0 radical (unpaired) electrons. The predicted molar refractivity (Wildman–Crippen MR) is 63.5 cm³/mol. The fourth-order valence-electron chi connectivity index (χ4n) is 1.91. The smallest absolute Gasteiger partial charge is 0.243 e. The van der Waals surface area contributed by atoms with Crippen molar-refractivity contribution in [2.24, 2.45) is 5.41 Å². The summed E-state index contributed by atoms with van der Waals surface area (Å²) in [7, 11) is 0. The van der Waals surface area contributed by atoms with E-state index in [1.807, 2.05) is 22.8 Å². The summed E-state index contributed by atoms with van der Waals surface area (Å²) in [6, 6.07) is 4.59. The van der Waals surface area contributed by atoms with Crippen LogP contribution in [0.4, 0.5) is 5.95 Å². The fraction of sp³-hybridized carbons (Fsp3) is 0.500. The minimum Gasteiger partial charge on any atom is -0.350 e. The van der Waals surface area contributed by atoms with E-state index in [2.05, 4.69) is 36.2 Å². The molecule has 3 rings (SSSR count). The molecule has 1 aliphatic rings. The number of aryl methyl sites for hydroxylation is 1. The molecule has 0 aliphatic heterocycles. The van der Waals surface area contributed by atoms with Crippen LogP contribution in [0, 0.1) is 12.3 Å². The average molecular weight is 216 g/mol. The molecule has 1 N–H and O–H groups in total. The van der Waals surface area contributed by atoms with Crippen LogP contribution in [0.15, 0.2) is 18.3 Å². The van der Waals surface area contributed by atoms with Gasteiger partial charge in [-0.3, -0.25) is 0 Å². The largest absolute Gasteiger partial charge is 0.350 e. The van der Waals surface area contributed by atoms with E-state index >= 15 is 0 Å². The van der Waals surface area contributed by atoms with Crippen LogP contribution < -0.4 is 5.32 Å². The van der Waals surface area contributed by atoms with Crippen molar-refractivity contribution in [3.63, 3.8) is 0 Å². The SMILES string of the molecule is Cc1ccn2nc(NC3CC3(C)C)nc2c1. The Morgan fingerprint density at radius 3 is 2.94 bits per heavy atom. The second-order valence-electron chi connectivity index (χ2n) is 5.33. The molecule has 16 heavy (non-hydrogen) atoms. The summed E-state index contributed by atoms with van der Waals surface area (Å²) in [5.74, 6) is 0.737. The number of hydrogen-bond donors (Lipinski definition) is 1. The van der Waals surface area contributed by atoms with Gasteiger partial charge in [-0.15, -0.1) is 5.10 Å². The topological polar surface area (TPSA) is 42.2 Å². The number of rotatable bonds is 2. The van der Waals surface area contributed by atoms with Crippen molar-refractivity contribution in [2.75, 3.05) is 5.32 Å². The highest BCUT2D eigenvalue weighted by atomic mass is 15.4. The van der Waals surface area contributed by atoms with Crippen LogP contribution in [0.1, 0.15) is 25.8 Å². The van der Waals surface area contributed by atoms with Crippen molar-refractivity contribution in [3.05, 3.63) is 23.9 Å². The van der Waals surface area contributed by atoms with Gasteiger partial charge in [0.1, 0.15) is 0 Å². The first-order valence-electron chi connectivity index (χ1n) is 5.64. The Bertz CT molecular complexity index is 541. The van der Waals surface area contributed by atoms with Crippen molar-refractivity contribution in [3.8, 4) is 0 Å². The maximum absolute atomic E-state index is 4.46. The average Bonchev–Trinajstić information content (AvgIpc) is 2.64. The number of hydrogen-bond acceptors (Lipinski definition) is 3. The summed E-state index contributed by atoms with van der Waals surface area (Å²) >= 11 is 0. The molecule has 2 heterocycles. The molecule has 0 bridgehead atoms. The summed E-state index contributed by atoms with van der Waals surface area (Å²) in [6.07, 6.45) is 3.14. The number of fused-ring (bicyclic) bond motifs is 1. The Hall–Kier alpha value is -1.58. The predicted octanol–water partition coefficient (Wildman–Crippen LogP) is 2.25. The zero-order chi connectivity index (χ0) is 11.3. The molecule has 1 aliphatic carbocycles. The number of nitrogens with zero attached hydrogens (tertiary/aromatic N) is 3. The number of nitrogens with one attached hydrogen (secondary N) is 1. The molecular weight excluding hydrogens is 200 g/mol. The summed E-state index contributed by atoms with van der Waals surface area (Å²) in [5.41, 5.74) is 2.51. The fourth-order valence-corrected chi connectivity index (χ4v) is 1.91. The molecule has 0 spiro atoms. The third kappa shape index (κ3) is 1.54. The van der Waals surface area contributed by atoms with Crippen molar-refractivity contribution in [1.29, 1.82) is 0 Å². The van der Waals surface area contributed by atoms with Gasteiger partial charge in [-0.05, 0) is 36.5 Å². The van der Waals surface area contributed by atoms with Gasteiger partial charge < -0.3 is 5.32 Å². The second kappa shape index (κ2) is 2.97. The Kier molecular flexibility index (Phi) is 1.79. The highest BCUT2D eigenvalue weighted by molar-refractivity contribution is 5.46.